The van der Waals surface area contributed by atoms with Gasteiger partial charge in [0.25, 0.3) is 42.2 Å². The molecule has 5 aromatic carbocycles. The Morgan fingerprint density at radius 3 is 1.96 bits per heavy atom. The molecule has 33 heteroatoms. The maximum atomic E-state index is 14.1. The molecule has 6 aromatic rings. The van der Waals surface area contributed by atoms with Crippen molar-refractivity contribution in [1.29, 1.82) is 0 Å². The van der Waals surface area contributed by atoms with Crippen molar-refractivity contribution in [3.63, 3.8) is 0 Å². The van der Waals surface area contributed by atoms with Gasteiger partial charge in [0.15, 0.2) is 16.2 Å². The molecule has 0 unspecified atom stereocenters. The number of amides is 2. The van der Waals surface area contributed by atoms with Gasteiger partial charge in [0.2, 0.25) is 10.3 Å². The predicted molar refractivity (Wildman–Crippen MR) is 350 cm³/mol. The molecule has 29 nitrogen and oxygen atoms in total. The number of rotatable bonds is 21. The molecule has 11 rings (SSSR count). The van der Waals surface area contributed by atoms with Gasteiger partial charge in [0.05, 0.1) is 46.0 Å². The molecule has 0 spiro atoms. The summed E-state index contributed by atoms with van der Waals surface area (Å²) in [6, 6.07) is 18.7. The molecule has 2 amide bonds. The van der Waals surface area contributed by atoms with Gasteiger partial charge in [-0.25, -0.2) is 9.59 Å². The Hall–Kier alpha value is -10.0. The number of carboxylic acids is 2. The smallest absolute Gasteiger partial charge is 0.336 e. The minimum atomic E-state index is -5.20. The topological polar surface area (TPSA) is 471 Å². The van der Waals surface area contributed by atoms with Crippen LogP contribution in [0, 0.1) is 0 Å². The van der Waals surface area contributed by atoms with Crippen LogP contribution in [0.15, 0.2) is 122 Å². The number of nitrogen functional groups attached to an aromatic ring is 1. The molecule has 0 radical (unpaired) electrons. The van der Waals surface area contributed by atoms with Gasteiger partial charge < -0.3 is 40.6 Å². The Morgan fingerprint density at radius 1 is 0.649 bits per heavy atom. The number of anilines is 2. The quantitative estimate of drug-likeness (QED) is 0.0206. The zero-order chi connectivity index (χ0) is 70.4. The van der Waals surface area contributed by atoms with Crippen molar-refractivity contribution in [1.82, 2.24) is 25.6 Å². The maximum Gasteiger partial charge on any atom is 0.336 e. The summed E-state index contributed by atoms with van der Waals surface area (Å²) in [5.41, 5.74) is 4.11. The number of carbonyl (C=O) groups excluding carboxylic acids is 2. The van der Waals surface area contributed by atoms with E-state index < -0.39 is 125 Å². The van der Waals surface area contributed by atoms with Crippen molar-refractivity contribution in [3.05, 3.63) is 169 Å². The lowest BCUT2D eigenvalue weighted by Crippen LogP contribution is -2.47. The number of hydrogen-bond donors (Lipinski definition) is 10. The minimum Gasteiger partial charge on any atom is -0.478 e. The number of fused-ring (bicyclic) bond motifs is 6. The lowest BCUT2D eigenvalue weighted by atomic mass is 9.83. The fourth-order valence-electron chi connectivity index (χ4n) is 12.4. The monoisotopic (exact) mass is 1400 g/mol. The Kier molecular flexibility index (Phi) is 17.5. The first-order chi connectivity index (χ1) is 45.3. The van der Waals surface area contributed by atoms with Gasteiger partial charge in [-0.05, 0) is 123 Å². The van der Waals surface area contributed by atoms with Crippen molar-refractivity contribution in [2.45, 2.75) is 87.3 Å². The van der Waals surface area contributed by atoms with Gasteiger partial charge in [0, 0.05) is 99.1 Å². The molecule has 0 saturated carbocycles. The summed E-state index contributed by atoms with van der Waals surface area (Å²) in [7, 11) is -17.8. The first-order valence-corrected chi connectivity index (χ1v) is 35.7. The van der Waals surface area contributed by atoms with Crippen molar-refractivity contribution < 1.29 is 95.8 Å². The van der Waals surface area contributed by atoms with Crippen LogP contribution in [0.3, 0.4) is 0 Å². The van der Waals surface area contributed by atoms with Crippen molar-refractivity contribution in [3.8, 4) is 33.9 Å². The van der Waals surface area contributed by atoms with Gasteiger partial charge in [-0.1, -0.05) is 36.3 Å². The van der Waals surface area contributed by atoms with E-state index in [1.807, 2.05) is 18.7 Å². The maximum absolute atomic E-state index is 14.1. The molecule has 5 heterocycles. The Bertz CT molecular complexity index is 5490. The van der Waals surface area contributed by atoms with Crippen molar-refractivity contribution in [2.75, 3.05) is 35.7 Å². The Morgan fingerprint density at radius 2 is 1.29 bits per heavy atom. The number of nitrogens with two attached hydrogens (primary N) is 2. The number of carbonyl (C=O) groups is 4. The van der Waals surface area contributed by atoms with Gasteiger partial charge in [0.1, 0.15) is 28.7 Å². The number of benzene rings is 6. The number of aromatic carboxylic acids is 2. The highest BCUT2D eigenvalue weighted by atomic mass is 32.2. The second-order valence-corrected chi connectivity index (χ2v) is 30.2. The third-order valence-electron chi connectivity index (χ3n) is 16.7. The summed E-state index contributed by atoms with van der Waals surface area (Å²) in [4.78, 5) is 58.6. The number of unbranched alkanes of at least 4 members (excludes halogenated alkanes) is 3. The van der Waals surface area contributed by atoms with E-state index in [2.05, 4.69) is 20.9 Å². The van der Waals surface area contributed by atoms with Crippen molar-refractivity contribution in [2.24, 2.45) is 4.99 Å². The number of carboxylic acid groups (broad SMARTS) is 2. The number of nitrogens with one attached hydrogen (secondary N) is 2. The fraction of sp³-hybridized carbons (Fsp3) is 0.250. The Labute approximate surface area is 553 Å². The van der Waals surface area contributed by atoms with E-state index in [1.165, 1.54) is 42.5 Å². The van der Waals surface area contributed by atoms with Gasteiger partial charge >= 0.3 is 22.1 Å². The number of likely N-dealkylation sites (N-methyl/N-ethyl adjacent to an activating group) is 1. The molecule has 0 bridgehead atoms. The largest absolute Gasteiger partial charge is 0.478 e. The SMILES string of the molecule is CN1c2cc3c(cc2C(CS(=O)(=O)O)=CC1(C)C)C(c1cc(C(=O)NCCCCCCn2cc(CNC(=O)c4ccc(-c5c6ccc(=[NH2+])c(S(=O)(=O)O)c-6oc6c(S(=O)(=O)O)c(N)ccc56)c(C(=O)O)c4)nn2)ccc1C(=O)O)=c1cc2c(cc1O3)=NC(C)(C)C=C2CS(=O)(=O)O. The molecule has 0 atom stereocenters. The van der Waals surface area contributed by atoms with Crippen LogP contribution in [0.5, 0.6) is 11.5 Å². The molecule has 506 valence electrons. The predicted octanol–water partition coefficient (Wildman–Crippen LogP) is 4.38. The van der Waals surface area contributed by atoms with E-state index in [9.17, 15) is 81.3 Å². The van der Waals surface area contributed by atoms with Gasteiger partial charge in [-0.15, -0.1) is 5.10 Å². The summed E-state index contributed by atoms with van der Waals surface area (Å²) in [5.74, 6) is -6.10. The fourth-order valence-corrected chi connectivity index (χ4v) is 15.1. The van der Waals surface area contributed by atoms with Crippen LogP contribution < -0.4 is 47.3 Å². The summed E-state index contributed by atoms with van der Waals surface area (Å²) in [5, 5.41) is 40.9. The third-order valence-corrected chi connectivity index (χ3v) is 20.0. The average Bonchev–Trinajstić information content (AvgIpc) is 1.45. The molecule has 1 aromatic heterocycles. The molecule has 4 aliphatic heterocycles. The summed E-state index contributed by atoms with van der Waals surface area (Å²) < 4.78 is 155. The van der Waals surface area contributed by atoms with E-state index in [0.29, 0.717) is 54.5 Å². The number of aromatic nitrogens is 3. The van der Waals surface area contributed by atoms with E-state index in [1.54, 1.807) is 68.2 Å². The highest BCUT2D eigenvalue weighted by Crippen LogP contribution is 2.49. The van der Waals surface area contributed by atoms with Crippen LogP contribution in [0.25, 0.3) is 50.1 Å². The second-order valence-electron chi connectivity index (χ2n) is 24.6. The van der Waals surface area contributed by atoms with Crippen LogP contribution in [-0.2, 0) is 53.6 Å². The standard InChI is InChI=1S/C64H61N9O20S4/c1-63(2)26-34(30-94(80,81)82)41-22-45-51(24-49(41)69-63)92-52-25-50-42(35(31-95(83,84)85)27-64(3,4)72(50)5)23-46(52)54(45)43-20-32(11-13-38(43)61(76)77)59(74)67-18-8-6-7-9-19-73-29-36(70-71-73)28-68-60(75)33-10-12-37(44(21-33)62(78)79)53-39-14-16-47(65)57(96(86,87)88)55(39)93-56-40(53)15-17-48(66)58(56)97(89,90)91/h10-17,20-27,29,65H,6-9,18-19,28,30-31,66H2,1-5H3,(H,67,74)(H,68,75)(H,76,77)(H,78,79)(H,80,81,82)(H,83,84,85)(H,86,87,88)(H,89,90,91)/p+1. The highest BCUT2D eigenvalue weighted by Gasteiger charge is 2.38. The lowest BCUT2D eigenvalue weighted by Gasteiger charge is -2.41. The van der Waals surface area contributed by atoms with Crippen LogP contribution in [0.2, 0.25) is 0 Å². The first kappa shape index (κ1) is 68.4. The second kappa shape index (κ2) is 24.9. The third kappa shape index (κ3) is 13.9. The van der Waals surface area contributed by atoms with Crippen LogP contribution in [0.1, 0.15) is 123 Å². The first-order valence-electron chi connectivity index (χ1n) is 29.6. The van der Waals surface area contributed by atoms with Crippen LogP contribution >= 0.6 is 0 Å². The molecule has 97 heavy (non-hydrogen) atoms. The van der Waals surface area contributed by atoms with Gasteiger partial charge in [-0.3, -0.25) is 42.9 Å². The van der Waals surface area contributed by atoms with E-state index in [-0.39, 0.29) is 102 Å². The molecule has 5 aliphatic rings. The lowest BCUT2D eigenvalue weighted by molar-refractivity contribution is -0.176. The van der Waals surface area contributed by atoms with E-state index >= 15 is 0 Å². The molecular weight excluding hydrogens is 1340 g/mol. The number of nitrogens with zero attached hydrogens (tertiary/aromatic N) is 5. The zero-order valence-corrected chi connectivity index (χ0v) is 55.4. The molecule has 0 fully saturated rings. The molecule has 0 saturated heterocycles. The number of aryl methyl sites for hydroxylation is 1. The van der Waals surface area contributed by atoms with E-state index in [4.69, 9.17) is 25.3 Å². The number of ether oxygens (including phenoxy) is 1. The zero-order valence-electron chi connectivity index (χ0n) is 52.1. The molecular formula is C64H62N9O20S4+. The highest BCUT2D eigenvalue weighted by molar-refractivity contribution is 7.87. The molecule has 12 N–H and O–H groups in total. The summed E-state index contributed by atoms with van der Waals surface area (Å²) in [6.07, 6.45) is 7.33. The average molecular weight is 1410 g/mol. The van der Waals surface area contributed by atoms with Gasteiger partial charge in [-0.2, -0.15) is 33.7 Å². The number of hydrogen-bond acceptors (Lipinski definition) is 19. The van der Waals surface area contributed by atoms with Crippen LogP contribution in [-0.4, -0.2) is 137 Å². The van der Waals surface area contributed by atoms with E-state index in [0.717, 1.165) is 18.2 Å². The Balaban J connectivity index is 0.780. The van der Waals surface area contributed by atoms with Crippen molar-refractivity contribution >= 4 is 103 Å². The molecule has 1 aliphatic carbocycles. The summed E-state index contributed by atoms with van der Waals surface area (Å²) in [6.45, 7) is 7.65. The minimum absolute atomic E-state index is 0.0412. The normalized spacial score (nSPS) is 14.9. The summed E-state index contributed by atoms with van der Waals surface area (Å²) >= 11 is 0. The van der Waals surface area contributed by atoms with Crippen LogP contribution in [0.4, 0.5) is 11.4 Å².